The van der Waals surface area contributed by atoms with Crippen molar-refractivity contribution in [1.82, 2.24) is 9.55 Å². The summed E-state index contributed by atoms with van der Waals surface area (Å²) in [6.07, 6.45) is 3.15. The first-order valence-corrected chi connectivity index (χ1v) is 6.08. The highest BCUT2D eigenvalue weighted by Crippen LogP contribution is 2.19. The van der Waals surface area contributed by atoms with E-state index in [1.807, 2.05) is 0 Å². The molecule has 20 heavy (non-hydrogen) atoms. The Morgan fingerprint density at radius 1 is 1.20 bits per heavy atom. The van der Waals surface area contributed by atoms with Gasteiger partial charge in [0.2, 0.25) is 5.89 Å². The van der Waals surface area contributed by atoms with E-state index in [-0.39, 0.29) is 11.4 Å². The van der Waals surface area contributed by atoms with Gasteiger partial charge in [-0.2, -0.15) is 0 Å². The van der Waals surface area contributed by atoms with Crippen LogP contribution in [-0.2, 0) is 6.54 Å². The number of hydrogen-bond donors (Lipinski definition) is 0. The van der Waals surface area contributed by atoms with Crippen LogP contribution >= 0.6 is 0 Å². The largest absolute Gasteiger partial charge is 0.444 e. The molecule has 0 aliphatic heterocycles. The van der Waals surface area contributed by atoms with Gasteiger partial charge in [-0.3, -0.25) is 4.79 Å². The quantitative estimate of drug-likeness (QED) is 0.735. The molecule has 0 spiro atoms. The molecule has 0 saturated carbocycles. The predicted octanol–water partition coefficient (Wildman–Crippen LogP) is 2.69. The number of halogens is 1. The molecular formula is C15H11FN2O2. The second kappa shape index (κ2) is 5.13. The van der Waals surface area contributed by atoms with Crippen LogP contribution in [0.2, 0.25) is 0 Å². The van der Waals surface area contributed by atoms with Crippen LogP contribution in [0.3, 0.4) is 0 Å². The fraction of sp³-hybridized carbons (Fsp3) is 0.0667. The van der Waals surface area contributed by atoms with E-state index >= 15 is 0 Å². The molecule has 0 unspecified atom stereocenters. The van der Waals surface area contributed by atoms with Crippen molar-refractivity contribution in [3.05, 3.63) is 76.8 Å². The van der Waals surface area contributed by atoms with Crippen molar-refractivity contribution in [2.24, 2.45) is 0 Å². The number of rotatable bonds is 3. The zero-order valence-corrected chi connectivity index (χ0v) is 10.5. The molecule has 0 atom stereocenters. The molecule has 3 rings (SSSR count). The highest BCUT2D eigenvalue weighted by atomic mass is 19.1. The maximum Gasteiger partial charge on any atom is 0.250 e. The lowest BCUT2D eigenvalue weighted by Gasteiger charge is -2.00. The zero-order chi connectivity index (χ0) is 13.9. The smallest absolute Gasteiger partial charge is 0.250 e. The Labute approximate surface area is 114 Å². The maximum atomic E-state index is 13.1. The normalized spacial score (nSPS) is 10.7. The Balaban J connectivity index is 1.88. The van der Waals surface area contributed by atoms with Crippen molar-refractivity contribution in [2.75, 3.05) is 0 Å². The van der Waals surface area contributed by atoms with Crippen molar-refractivity contribution in [3.63, 3.8) is 0 Å². The Morgan fingerprint density at radius 3 is 2.90 bits per heavy atom. The third kappa shape index (κ3) is 2.51. The van der Waals surface area contributed by atoms with E-state index < -0.39 is 0 Å². The van der Waals surface area contributed by atoms with Crippen molar-refractivity contribution in [3.8, 4) is 11.5 Å². The summed E-state index contributed by atoms with van der Waals surface area (Å²) in [5.74, 6) is -0.00925. The molecule has 3 aromatic rings. The summed E-state index contributed by atoms with van der Waals surface area (Å²) in [5.41, 5.74) is 1.07. The molecule has 100 valence electrons. The lowest BCUT2D eigenvalue weighted by Crippen LogP contribution is -2.18. The summed E-state index contributed by atoms with van der Waals surface area (Å²) in [4.78, 5) is 15.9. The van der Waals surface area contributed by atoms with E-state index in [1.54, 1.807) is 30.5 Å². The molecule has 0 aliphatic carbocycles. The average Bonchev–Trinajstić information content (AvgIpc) is 2.90. The maximum absolute atomic E-state index is 13.1. The molecule has 0 amide bonds. The Kier molecular flexibility index (Phi) is 3.16. The number of aromatic nitrogens is 2. The third-order valence-electron chi connectivity index (χ3n) is 2.85. The highest BCUT2D eigenvalue weighted by Gasteiger charge is 2.08. The second-order valence-corrected chi connectivity index (χ2v) is 4.32. The number of nitrogens with zero attached hydrogens (tertiary/aromatic N) is 2. The van der Waals surface area contributed by atoms with Gasteiger partial charge in [-0.05, 0) is 24.3 Å². The minimum atomic E-state index is -0.346. The van der Waals surface area contributed by atoms with Gasteiger partial charge >= 0.3 is 0 Å². The van der Waals surface area contributed by atoms with Crippen molar-refractivity contribution in [2.45, 2.75) is 6.54 Å². The van der Waals surface area contributed by atoms with E-state index in [4.69, 9.17) is 4.42 Å². The lowest BCUT2D eigenvalue weighted by molar-refractivity contribution is 0.569. The van der Waals surface area contributed by atoms with E-state index in [9.17, 15) is 9.18 Å². The first-order chi connectivity index (χ1) is 9.72. The molecule has 2 aromatic heterocycles. The predicted molar refractivity (Wildman–Crippen MR) is 71.7 cm³/mol. The summed E-state index contributed by atoms with van der Waals surface area (Å²) in [6, 6.07) is 11.0. The Morgan fingerprint density at radius 2 is 2.10 bits per heavy atom. The third-order valence-corrected chi connectivity index (χ3v) is 2.85. The molecule has 0 N–H and O–H groups in total. The van der Waals surface area contributed by atoms with E-state index in [2.05, 4.69) is 4.98 Å². The van der Waals surface area contributed by atoms with Crippen molar-refractivity contribution >= 4 is 0 Å². The monoisotopic (exact) mass is 270 g/mol. The van der Waals surface area contributed by atoms with Crippen LogP contribution in [0.4, 0.5) is 4.39 Å². The fourth-order valence-corrected chi connectivity index (χ4v) is 1.90. The topological polar surface area (TPSA) is 48.0 Å². The first-order valence-electron chi connectivity index (χ1n) is 6.08. The highest BCUT2D eigenvalue weighted by molar-refractivity contribution is 5.52. The fourth-order valence-electron chi connectivity index (χ4n) is 1.90. The summed E-state index contributed by atoms with van der Waals surface area (Å²) >= 11 is 0. The van der Waals surface area contributed by atoms with Gasteiger partial charge in [0.25, 0.3) is 5.56 Å². The summed E-state index contributed by atoms with van der Waals surface area (Å²) in [7, 11) is 0. The van der Waals surface area contributed by atoms with E-state index in [0.717, 1.165) is 0 Å². The van der Waals surface area contributed by atoms with Crippen LogP contribution in [0.15, 0.2) is 64.1 Å². The molecule has 1 aromatic carbocycles. The van der Waals surface area contributed by atoms with Gasteiger partial charge in [0.05, 0.1) is 12.2 Å². The number of benzene rings is 1. The van der Waals surface area contributed by atoms with Crippen LogP contribution in [0, 0.1) is 5.82 Å². The Bertz CT molecular complexity index is 792. The van der Waals surface area contributed by atoms with Gasteiger partial charge in [-0.1, -0.05) is 12.1 Å². The average molecular weight is 270 g/mol. The van der Waals surface area contributed by atoms with E-state index in [0.29, 0.717) is 23.7 Å². The summed E-state index contributed by atoms with van der Waals surface area (Å²) in [6.45, 7) is 0.318. The van der Waals surface area contributed by atoms with Crippen LogP contribution in [0.25, 0.3) is 11.5 Å². The van der Waals surface area contributed by atoms with Crippen LogP contribution in [0.5, 0.6) is 0 Å². The minimum absolute atomic E-state index is 0.109. The first kappa shape index (κ1) is 12.3. The number of pyridine rings is 1. The lowest BCUT2D eigenvalue weighted by atomic mass is 10.2. The van der Waals surface area contributed by atoms with Gasteiger partial charge in [-0.15, -0.1) is 0 Å². The second-order valence-electron chi connectivity index (χ2n) is 4.32. The molecule has 0 aliphatic rings. The van der Waals surface area contributed by atoms with Gasteiger partial charge in [0.15, 0.2) is 0 Å². The summed E-state index contributed by atoms with van der Waals surface area (Å²) < 4.78 is 20.0. The standard InChI is InChI=1S/C15H11FN2O2/c16-12-5-3-4-11(8-12)15-17-13(10-20-15)9-18-7-2-1-6-14(18)19/h1-8,10H,9H2. The van der Waals surface area contributed by atoms with Gasteiger partial charge in [-0.25, -0.2) is 9.37 Å². The molecule has 4 nitrogen and oxygen atoms in total. The van der Waals surface area contributed by atoms with Gasteiger partial charge in [0, 0.05) is 17.8 Å². The van der Waals surface area contributed by atoms with E-state index in [1.165, 1.54) is 29.0 Å². The summed E-state index contributed by atoms with van der Waals surface area (Å²) in [5, 5.41) is 0. The molecule has 0 bridgehead atoms. The van der Waals surface area contributed by atoms with Gasteiger partial charge < -0.3 is 8.98 Å². The Hall–Kier alpha value is -2.69. The molecule has 0 saturated heterocycles. The van der Waals surface area contributed by atoms with Crippen LogP contribution in [0.1, 0.15) is 5.69 Å². The molecule has 0 radical (unpaired) electrons. The zero-order valence-electron chi connectivity index (χ0n) is 10.5. The SMILES string of the molecule is O=c1ccccn1Cc1coc(-c2cccc(F)c2)n1. The molecule has 2 heterocycles. The minimum Gasteiger partial charge on any atom is -0.444 e. The van der Waals surface area contributed by atoms with Crippen molar-refractivity contribution in [1.29, 1.82) is 0 Å². The molecule has 0 fully saturated rings. The van der Waals surface area contributed by atoms with Crippen LogP contribution < -0.4 is 5.56 Å². The number of oxazole rings is 1. The molecule has 5 heteroatoms. The number of hydrogen-bond acceptors (Lipinski definition) is 3. The van der Waals surface area contributed by atoms with Crippen molar-refractivity contribution < 1.29 is 8.81 Å². The molecular weight excluding hydrogens is 259 g/mol. The van der Waals surface area contributed by atoms with Crippen LogP contribution in [-0.4, -0.2) is 9.55 Å². The van der Waals surface area contributed by atoms with Gasteiger partial charge in [0.1, 0.15) is 12.1 Å².